The fourth-order valence-electron chi connectivity index (χ4n) is 2.14. The van der Waals surface area contributed by atoms with Crippen molar-refractivity contribution in [1.82, 2.24) is 0 Å². The average Bonchev–Trinajstić information content (AvgIpc) is 2.46. The number of benzene rings is 1. The van der Waals surface area contributed by atoms with E-state index < -0.39 is 0 Å². The fourth-order valence-corrected chi connectivity index (χ4v) is 2.54. The lowest BCUT2D eigenvalue weighted by atomic mass is 10.1. The highest BCUT2D eigenvalue weighted by Crippen LogP contribution is 2.12. The lowest BCUT2D eigenvalue weighted by Crippen LogP contribution is -1.96. The molecule has 0 N–H and O–H groups in total. The summed E-state index contributed by atoms with van der Waals surface area (Å²) in [6.07, 6.45) is 12.2. The second-order valence-corrected chi connectivity index (χ2v) is 5.83. The molecular formula is C17H27BrO. The van der Waals surface area contributed by atoms with Crippen LogP contribution in [0.1, 0.15) is 57.8 Å². The molecule has 0 atom stereocenters. The minimum absolute atomic E-state index is 0.856. The van der Waals surface area contributed by atoms with Crippen molar-refractivity contribution in [1.29, 1.82) is 0 Å². The third-order valence-corrected chi connectivity index (χ3v) is 3.85. The van der Waals surface area contributed by atoms with Gasteiger partial charge in [-0.2, -0.15) is 0 Å². The number of alkyl halides is 1. The highest BCUT2D eigenvalue weighted by atomic mass is 79.9. The Morgan fingerprint density at radius 1 is 0.684 bits per heavy atom. The molecule has 0 fully saturated rings. The van der Waals surface area contributed by atoms with E-state index >= 15 is 0 Å². The Morgan fingerprint density at radius 2 is 1.21 bits per heavy atom. The van der Waals surface area contributed by atoms with Crippen molar-refractivity contribution in [2.75, 3.05) is 11.9 Å². The summed E-state index contributed by atoms with van der Waals surface area (Å²) in [5.74, 6) is 0.995. The molecule has 108 valence electrons. The van der Waals surface area contributed by atoms with Crippen LogP contribution in [-0.4, -0.2) is 11.9 Å². The quantitative estimate of drug-likeness (QED) is 0.339. The predicted molar refractivity (Wildman–Crippen MR) is 87.3 cm³/mol. The predicted octanol–water partition coefficient (Wildman–Crippen LogP) is 5.97. The molecule has 0 aliphatic rings. The van der Waals surface area contributed by atoms with Gasteiger partial charge in [0.05, 0.1) is 6.61 Å². The summed E-state index contributed by atoms with van der Waals surface area (Å²) in [6.45, 7) is 0.856. The Balaban J connectivity index is 1.79. The number of halogens is 1. The van der Waals surface area contributed by atoms with Crippen LogP contribution in [-0.2, 0) is 0 Å². The maximum atomic E-state index is 5.67. The molecule has 0 aliphatic carbocycles. The van der Waals surface area contributed by atoms with Crippen LogP contribution in [0.25, 0.3) is 0 Å². The number of unbranched alkanes of at least 4 members (excludes halogenated alkanes) is 8. The Hall–Kier alpha value is -0.500. The molecule has 0 aromatic heterocycles. The van der Waals surface area contributed by atoms with Gasteiger partial charge < -0.3 is 4.74 Å². The van der Waals surface area contributed by atoms with E-state index in [1.165, 1.54) is 57.8 Å². The van der Waals surface area contributed by atoms with Crippen molar-refractivity contribution in [3.63, 3.8) is 0 Å². The summed E-state index contributed by atoms with van der Waals surface area (Å²) in [6, 6.07) is 10.1. The van der Waals surface area contributed by atoms with E-state index in [4.69, 9.17) is 4.74 Å². The minimum Gasteiger partial charge on any atom is -0.494 e. The molecule has 1 rings (SSSR count). The second-order valence-electron chi connectivity index (χ2n) is 5.03. The Kier molecular flexibility index (Phi) is 10.9. The van der Waals surface area contributed by atoms with Gasteiger partial charge in [0.25, 0.3) is 0 Å². The van der Waals surface area contributed by atoms with Crippen LogP contribution >= 0.6 is 15.9 Å². The lowest BCUT2D eigenvalue weighted by molar-refractivity contribution is 0.304. The van der Waals surface area contributed by atoms with E-state index in [1.54, 1.807) is 0 Å². The van der Waals surface area contributed by atoms with Crippen LogP contribution in [0.15, 0.2) is 30.3 Å². The highest BCUT2D eigenvalue weighted by molar-refractivity contribution is 9.09. The van der Waals surface area contributed by atoms with E-state index in [0.29, 0.717) is 0 Å². The minimum atomic E-state index is 0.856. The number of hydrogen-bond donors (Lipinski definition) is 0. The smallest absolute Gasteiger partial charge is 0.119 e. The standard InChI is InChI=1S/C17H27BrO/c18-15-11-6-4-2-1-3-5-7-12-16-19-17-13-9-8-10-14-17/h8-10,13-14H,1-7,11-12,15-16H2. The zero-order valence-corrected chi connectivity index (χ0v) is 13.5. The molecule has 1 aromatic rings. The molecule has 0 saturated heterocycles. The van der Waals surface area contributed by atoms with Crippen molar-refractivity contribution >= 4 is 15.9 Å². The van der Waals surface area contributed by atoms with E-state index in [0.717, 1.165) is 17.7 Å². The van der Waals surface area contributed by atoms with Crippen molar-refractivity contribution in [2.24, 2.45) is 0 Å². The van der Waals surface area contributed by atoms with E-state index in [-0.39, 0.29) is 0 Å². The van der Waals surface area contributed by atoms with Crippen LogP contribution in [0.5, 0.6) is 5.75 Å². The summed E-state index contributed by atoms with van der Waals surface area (Å²) in [4.78, 5) is 0. The first-order valence-electron chi connectivity index (χ1n) is 7.67. The van der Waals surface area contributed by atoms with Gasteiger partial charge >= 0.3 is 0 Å². The number of ether oxygens (including phenoxy) is 1. The molecule has 1 aromatic carbocycles. The molecule has 0 aliphatic heterocycles. The highest BCUT2D eigenvalue weighted by Gasteiger charge is 1.94. The molecule has 0 unspecified atom stereocenters. The maximum Gasteiger partial charge on any atom is 0.119 e. The van der Waals surface area contributed by atoms with Crippen LogP contribution < -0.4 is 4.74 Å². The number of hydrogen-bond acceptors (Lipinski definition) is 1. The van der Waals surface area contributed by atoms with Gasteiger partial charge in [0.15, 0.2) is 0 Å². The first-order chi connectivity index (χ1) is 9.43. The van der Waals surface area contributed by atoms with Gasteiger partial charge in [-0.3, -0.25) is 0 Å². The van der Waals surface area contributed by atoms with Crippen LogP contribution in [0.4, 0.5) is 0 Å². The molecular weight excluding hydrogens is 300 g/mol. The molecule has 0 saturated carbocycles. The molecule has 0 bridgehead atoms. The number of para-hydroxylation sites is 1. The van der Waals surface area contributed by atoms with Gasteiger partial charge in [-0.15, -0.1) is 0 Å². The monoisotopic (exact) mass is 326 g/mol. The second kappa shape index (κ2) is 12.5. The van der Waals surface area contributed by atoms with Gasteiger partial charge in [-0.1, -0.05) is 79.1 Å². The Labute approximate surface area is 126 Å². The van der Waals surface area contributed by atoms with Crippen LogP contribution in [0, 0.1) is 0 Å². The average molecular weight is 327 g/mol. The van der Waals surface area contributed by atoms with Crippen molar-refractivity contribution in [2.45, 2.75) is 57.8 Å². The van der Waals surface area contributed by atoms with Crippen LogP contribution in [0.3, 0.4) is 0 Å². The first-order valence-corrected chi connectivity index (χ1v) is 8.79. The normalized spacial score (nSPS) is 10.6. The van der Waals surface area contributed by atoms with Crippen molar-refractivity contribution in [3.8, 4) is 5.75 Å². The third kappa shape index (κ3) is 10.0. The fraction of sp³-hybridized carbons (Fsp3) is 0.647. The van der Waals surface area contributed by atoms with Gasteiger partial charge in [-0.25, -0.2) is 0 Å². The summed E-state index contributed by atoms with van der Waals surface area (Å²) < 4.78 is 5.67. The third-order valence-electron chi connectivity index (χ3n) is 3.29. The largest absolute Gasteiger partial charge is 0.494 e. The zero-order valence-electron chi connectivity index (χ0n) is 12.0. The molecule has 0 spiro atoms. The summed E-state index contributed by atoms with van der Waals surface area (Å²) >= 11 is 3.47. The SMILES string of the molecule is BrCCCCCCCCCCCOc1ccccc1. The summed E-state index contributed by atoms with van der Waals surface area (Å²) in [7, 11) is 0. The molecule has 0 amide bonds. The zero-order chi connectivity index (χ0) is 13.6. The van der Waals surface area contributed by atoms with Crippen molar-refractivity contribution in [3.05, 3.63) is 30.3 Å². The van der Waals surface area contributed by atoms with E-state index in [9.17, 15) is 0 Å². The first kappa shape index (κ1) is 16.6. The van der Waals surface area contributed by atoms with Crippen molar-refractivity contribution < 1.29 is 4.74 Å². The van der Waals surface area contributed by atoms with Gasteiger partial charge in [0.1, 0.15) is 5.75 Å². The molecule has 1 nitrogen and oxygen atoms in total. The van der Waals surface area contributed by atoms with E-state index in [1.807, 2.05) is 30.3 Å². The molecule has 2 heteroatoms. The van der Waals surface area contributed by atoms with E-state index in [2.05, 4.69) is 15.9 Å². The van der Waals surface area contributed by atoms with Gasteiger partial charge in [-0.05, 0) is 25.0 Å². The summed E-state index contributed by atoms with van der Waals surface area (Å²) in [5, 5.41) is 1.16. The van der Waals surface area contributed by atoms with Gasteiger partial charge in [0, 0.05) is 5.33 Å². The molecule has 0 radical (unpaired) electrons. The van der Waals surface area contributed by atoms with Crippen LogP contribution in [0.2, 0.25) is 0 Å². The van der Waals surface area contributed by atoms with Gasteiger partial charge in [0.2, 0.25) is 0 Å². The topological polar surface area (TPSA) is 9.23 Å². The molecule has 19 heavy (non-hydrogen) atoms. The maximum absolute atomic E-state index is 5.67. The molecule has 0 heterocycles. The Morgan fingerprint density at radius 3 is 1.79 bits per heavy atom. The summed E-state index contributed by atoms with van der Waals surface area (Å²) in [5.41, 5.74) is 0. The Bertz CT molecular complexity index is 287. The lowest BCUT2D eigenvalue weighted by Gasteiger charge is -2.05. The number of rotatable bonds is 12.